The summed E-state index contributed by atoms with van der Waals surface area (Å²) in [5.41, 5.74) is 4.71. The van der Waals surface area contributed by atoms with Crippen LogP contribution in [0.25, 0.3) is 0 Å². The molecule has 0 N–H and O–H groups in total. The van der Waals surface area contributed by atoms with E-state index in [0.717, 1.165) is 11.8 Å². The van der Waals surface area contributed by atoms with Gasteiger partial charge in [-0.15, -0.1) is 0 Å². The van der Waals surface area contributed by atoms with Crippen LogP contribution in [0.2, 0.25) is 0 Å². The molecule has 21 heavy (non-hydrogen) atoms. The minimum absolute atomic E-state index is 0.613. The summed E-state index contributed by atoms with van der Waals surface area (Å²) < 4.78 is 0. The zero-order valence-corrected chi connectivity index (χ0v) is 13.9. The molecule has 0 nitrogen and oxygen atoms in total. The van der Waals surface area contributed by atoms with Crippen LogP contribution in [0.4, 0.5) is 0 Å². The van der Waals surface area contributed by atoms with Gasteiger partial charge in [-0.05, 0) is 68.4 Å². The van der Waals surface area contributed by atoms with E-state index < -0.39 is 0 Å². The largest absolute Gasteiger partial charge is 0.0991 e. The zero-order valence-electron chi connectivity index (χ0n) is 13.9. The van der Waals surface area contributed by atoms with E-state index >= 15 is 0 Å². The van der Waals surface area contributed by atoms with E-state index in [1.807, 2.05) is 6.08 Å². The standard InChI is InChI=1S/C21H30/c1-5-10-18(11-6-2)17(4)20-14-9-15-21(20)19-13-8-7-12-16(19)3/h5-6,8,10-11,13,17,20-21H,1,7,9,12,14-15H2,2-4H3/b11-6-,18-10+. The number of rotatable bonds is 5. The minimum Gasteiger partial charge on any atom is -0.0991 e. The highest BCUT2D eigenvalue weighted by molar-refractivity contribution is 5.34. The Morgan fingerprint density at radius 1 is 1.38 bits per heavy atom. The topological polar surface area (TPSA) is 0 Å². The second-order valence-corrected chi connectivity index (χ2v) is 6.57. The van der Waals surface area contributed by atoms with Gasteiger partial charge in [0.1, 0.15) is 0 Å². The first-order chi connectivity index (χ1) is 10.2. The molecule has 1 fully saturated rings. The Kier molecular flexibility index (Phi) is 5.85. The molecular weight excluding hydrogens is 252 g/mol. The molecule has 0 heteroatoms. The zero-order chi connectivity index (χ0) is 15.2. The lowest BCUT2D eigenvalue weighted by Gasteiger charge is -2.30. The highest BCUT2D eigenvalue weighted by Gasteiger charge is 2.34. The first-order valence-corrected chi connectivity index (χ1v) is 8.50. The van der Waals surface area contributed by atoms with Crippen molar-refractivity contribution >= 4 is 0 Å². The van der Waals surface area contributed by atoms with Gasteiger partial charge in [-0.1, -0.05) is 62.0 Å². The van der Waals surface area contributed by atoms with Crippen molar-refractivity contribution in [2.45, 2.75) is 52.9 Å². The van der Waals surface area contributed by atoms with Crippen LogP contribution in [-0.4, -0.2) is 0 Å². The lowest BCUT2D eigenvalue weighted by molar-refractivity contribution is 0.349. The number of hydrogen-bond donors (Lipinski definition) is 0. The molecule has 0 amide bonds. The summed E-state index contributed by atoms with van der Waals surface area (Å²) >= 11 is 0. The maximum absolute atomic E-state index is 3.88. The van der Waals surface area contributed by atoms with E-state index in [9.17, 15) is 0 Å². The smallest absolute Gasteiger partial charge is 0.0129 e. The van der Waals surface area contributed by atoms with Gasteiger partial charge < -0.3 is 0 Å². The van der Waals surface area contributed by atoms with Crippen LogP contribution in [-0.2, 0) is 0 Å². The molecule has 3 unspecified atom stereocenters. The fourth-order valence-electron chi connectivity index (χ4n) is 4.14. The molecule has 0 aliphatic heterocycles. The predicted octanol–water partition coefficient (Wildman–Crippen LogP) is 6.39. The van der Waals surface area contributed by atoms with Crippen LogP contribution in [0.15, 0.2) is 59.8 Å². The minimum atomic E-state index is 0.613. The van der Waals surface area contributed by atoms with Gasteiger partial charge in [0.15, 0.2) is 0 Å². The summed E-state index contributed by atoms with van der Waals surface area (Å²) in [5, 5.41) is 0. The second-order valence-electron chi connectivity index (χ2n) is 6.57. The highest BCUT2D eigenvalue weighted by atomic mass is 14.4. The van der Waals surface area contributed by atoms with E-state index in [2.05, 4.69) is 57.7 Å². The maximum Gasteiger partial charge on any atom is -0.0129 e. The summed E-state index contributed by atoms with van der Waals surface area (Å²) in [4.78, 5) is 0. The van der Waals surface area contributed by atoms with Crippen LogP contribution in [0, 0.1) is 17.8 Å². The third-order valence-corrected chi connectivity index (χ3v) is 5.28. The van der Waals surface area contributed by atoms with Gasteiger partial charge in [0.05, 0.1) is 0 Å². The number of allylic oxidation sites excluding steroid dienone is 9. The first kappa shape index (κ1) is 16.1. The molecule has 0 bridgehead atoms. The predicted molar refractivity (Wildman–Crippen MR) is 94.2 cm³/mol. The summed E-state index contributed by atoms with van der Waals surface area (Å²) in [5.74, 6) is 2.15. The van der Waals surface area contributed by atoms with Crippen molar-refractivity contribution in [1.82, 2.24) is 0 Å². The van der Waals surface area contributed by atoms with Gasteiger partial charge in [-0.2, -0.15) is 0 Å². The van der Waals surface area contributed by atoms with Crippen molar-refractivity contribution < 1.29 is 0 Å². The Balaban J connectivity index is 2.24. The summed E-state index contributed by atoms with van der Waals surface area (Å²) in [6.45, 7) is 10.7. The van der Waals surface area contributed by atoms with Gasteiger partial charge in [0, 0.05) is 0 Å². The molecule has 3 atom stereocenters. The third-order valence-electron chi connectivity index (χ3n) is 5.28. The Labute approximate surface area is 131 Å². The Hall–Kier alpha value is -1.30. The molecule has 1 saturated carbocycles. The molecule has 0 spiro atoms. The molecule has 0 heterocycles. The van der Waals surface area contributed by atoms with Crippen molar-refractivity contribution in [3.05, 3.63) is 59.8 Å². The molecule has 0 saturated heterocycles. The molecular formula is C21H30. The second kappa shape index (κ2) is 7.64. The number of hydrogen-bond acceptors (Lipinski definition) is 0. The molecule has 0 aromatic carbocycles. The molecule has 2 rings (SSSR count). The third kappa shape index (κ3) is 3.67. The van der Waals surface area contributed by atoms with Crippen molar-refractivity contribution in [2.24, 2.45) is 17.8 Å². The Morgan fingerprint density at radius 2 is 2.19 bits per heavy atom. The molecule has 114 valence electrons. The van der Waals surface area contributed by atoms with Crippen LogP contribution < -0.4 is 0 Å². The van der Waals surface area contributed by atoms with Crippen LogP contribution in [0.3, 0.4) is 0 Å². The highest BCUT2D eigenvalue weighted by Crippen LogP contribution is 2.45. The molecule has 2 aliphatic carbocycles. The van der Waals surface area contributed by atoms with Crippen molar-refractivity contribution in [2.75, 3.05) is 0 Å². The van der Waals surface area contributed by atoms with Gasteiger partial charge in [0.2, 0.25) is 0 Å². The summed E-state index contributed by atoms with van der Waals surface area (Å²) in [7, 11) is 0. The fraction of sp³-hybridized carbons (Fsp3) is 0.524. The van der Waals surface area contributed by atoms with Crippen LogP contribution in [0.1, 0.15) is 52.9 Å². The van der Waals surface area contributed by atoms with Crippen molar-refractivity contribution in [3.63, 3.8) is 0 Å². The Bertz CT molecular complexity index is 484. The molecule has 0 aromatic heterocycles. The molecule has 0 aromatic rings. The molecule has 2 aliphatic rings. The van der Waals surface area contributed by atoms with E-state index in [1.165, 1.54) is 37.7 Å². The van der Waals surface area contributed by atoms with E-state index in [1.54, 1.807) is 11.1 Å². The Morgan fingerprint density at radius 3 is 2.86 bits per heavy atom. The van der Waals surface area contributed by atoms with Gasteiger partial charge >= 0.3 is 0 Å². The average Bonchev–Trinajstić information content (AvgIpc) is 2.96. The van der Waals surface area contributed by atoms with Gasteiger partial charge in [0.25, 0.3) is 0 Å². The monoisotopic (exact) mass is 282 g/mol. The van der Waals surface area contributed by atoms with Gasteiger partial charge in [-0.3, -0.25) is 0 Å². The average molecular weight is 282 g/mol. The van der Waals surface area contributed by atoms with Crippen LogP contribution >= 0.6 is 0 Å². The fourth-order valence-corrected chi connectivity index (χ4v) is 4.14. The van der Waals surface area contributed by atoms with Crippen molar-refractivity contribution in [1.29, 1.82) is 0 Å². The normalized spacial score (nSPS) is 28.4. The van der Waals surface area contributed by atoms with E-state index in [4.69, 9.17) is 0 Å². The SMILES string of the molecule is C=C/C=C(\C=C/C)C(C)C1CCCC1C1=C(C)CCC=C1. The summed E-state index contributed by atoms with van der Waals surface area (Å²) in [6, 6.07) is 0. The van der Waals surface area contributed by atoms with Crippen molar-refractivity contribution in [3.8, 4) is 0 Å². The van der Waals surface area contributed by atoms with E-state index in [-0.39, 0.29) is 0 Å². The lowest BCUT2D eigenvalue weighted by Crippen LogP contribution is -2.20. The van der Waals surface area contributed by atoms with E-state index in [0.29, 0.717) is 5.92 Å². The first-order valence-electron chi connectivity index (χ1n) is 8.50. The lowest BCUT2D eigenvalue weighted by atomic mass is 9.75. The van der Waals surface area contributed by atoms with Gasteiger partial charge in [-0.25, -0.2) is 0 Å². The molecule has 0 radical (unpaired) electrons. The maximum atomic E-state index is 3.88. The van der Waals surface area contributed by atoms with Crippen LogP contribution in [0.5, 0.6) is 0 Å². The summed E-state index contributed by atoms with van der Waals surface area (Å²) in [6.07, 6.45) is 19.9. The quantitative estimate of drug-likeness (QED) is 0.512.